The Hall–Kier alpha value is -0.930. The summed E-state index contributed by atoms with van der Waals surface area (Å²) in [6, 6.07) is 4.01. The first-order chi connectivity index (χ1) is 9.72. The lowest BCUT2D eigenvalue weighted by atomic mass is 9.67. The quantitative estimate of drug-likeness (QED) is 0.897. The van der Waals surface area contributed by atoms with E-state index in [-0.39, 0.29) is 0 Å². The van der Waals surface area contributed by atoms with E-state index < -0.39 is 0 Å². The van der Waals surface area contributed by atoms with E-state index in [2.05, 4.69) is 12.2 Å². The van der Waals surface area contributed by atoms with E-state index in [1.165, 1.54) is 25.7 Å². The first kappa shape index (κ1) is 14.0. The normalized spacial score (nSPS) is 19.5. The molecule has 2 aliphatic rings. The molecular weight excluding hydrogens is 274 g/mol. The van der Waals surface area contributed by atoms with Crippen LogP contribution in [-0.2, 0) is 6.54 Å². The van der Waals surface area contributed by atoms with Crippen molar-refractivity contribution in [1.82, 2.24) is 5.32 Å². The molecule has 1 aliphatic carbocycles. The van der Waals surface area contributed by atoms with Gasteiger partial charge in [0.1, 0.15) is 13.2 Å². The number of nitrogens with one attached hydrogen (secondary N) is 1. The molecule has 1 aromatic carbocycles. The Labute approximate surface area is 125 Å². The second kappa shape index (κ2) is 5.82. The third-order valence-electron chi connectivity index (χ3n) is 4.65. The first-order valence-electron chi connectivity index (χ1n) is 7.51. The van der Waals surface area contributed by atoms with E-state index in [1.807, 2.05) is 12.1 Å². The number of fused-ring (bicyclic) bond motifs is 1. The van der Waals surface area contributed by atoms with E-state index in [0.717, 1.165) is 24.4 Å². The molecule has 0 bridgehead atoms. The van der Waals surface area contributed by atoms with Gasteiger partial charge in [-0.1, -0.05) is 24.9 Å². The molecule has 110 valence electrons. The Morgan fingerprint density at radius 2 is 2.05 bits per heavy atom. The minimum absolute atomic E-state index is 0.539. The molecule has 0 atom stereocenters. The van der Waals surface area contributed by atoms with Crippen molar-refractivity contribution >= 4 is 11.6 Å². The number of hydrogen-bond donors (Lipinski definition) is 1. The summed E-state index contributed by atoms with van der Waals surface area (Å²) in [5.41, 5.74) is 1.70. The maximum atomic E-state index is 6.25. The zero-order valence-electron chi connectivity index (χ0n) is 12.0. The van der Waals surface area contributed by atoms with Gasteiger partial charge in [-0.25, -0.2) is 0 Å². The number of hydrogen-bond acceptors (Lipinski definition) is 3. The summed E-state index contributed by atoms with van der Waals surface area (Å²) >= 11 is 6.25. The van der Waals surface area contributed by atoms with Crippen LogP contribution in [0.4, 0.5) is 0 Å². The summed E-state index contributed by atoms with van der Waals surface area (Å²) in [7, 11) is 0. The monoisotopic (exact) mass is 295 g/mol. The first-order valence-corrected chi connectivity index (χ1v) is 7.89. The number of benzene rings is 1. The fourth-order valence-electron chi connectivity index (χ4n) is 3.07. The van der Waals surface area contributed by atoms with Gasteiger partial charge in [0.25, 0.3) is 0 Å². The van der Waals surface area contributed by atoms with Crippen molar-refractivity contribution in [3.05, 3.63) is 22.7 Å². The van der Waals surface area contributed by atoms with Gasteiger partial charge in [0.2, 0.25) is 0 Å². The third kappa shape index (κ3) is 2.75. The molecular formula is C16H22ClNO2. The number of rotatable bonds is 5. The molecule has 1 fully saturated rings. The lowest BCUT2D eigenvalue weighted by molar-refractivity contribution is 0.124. The Morgan fingerprint density at radius 1 is 1.25 bits per heavy atom. The summed E-state index contributed by atoms with van der Waals surface area (Å²) in [6.45, 7) is 5.39. The van der Waals surface area contributed by atoms with Crippen molar-refractivity contribution in [2.24, 2.45) is 5.41 Å². The molecule has 3 rings (SSSR count). The van der Waals surface area contributed by atoms with Gasteiger partial charge >= 0.3 is 0 Å². The second-order valence-corrected chi connectivity index (χ2v) is 6.32. The Bertz CT molecular complexity index is 480. The molecule has 0 spiro atoms. The van der Waals surface area contributed by atoms with Gasteiger partial charge < -0.3 is 14.8 Å². The van der Waals surface area contributed by atoms with Crippen LogP contribution in [0.15, 0.2) is 12.1 Å². The molecule has 0 amide bonds. The van der Waals surface area contributed by atoms with Crippen LogP contribution in [0.25, 0.3) is 0 Å². The van der Waals surface area contributed by atoms with E-state index in [1.54, 1.807) is 0 Å². The highest BCUT2D eigenvalue weighted by molar-refractivity contribution is 6.32. The van der Waals surface area contributed by atoms with Crippen molar-refractivity contribution in [2.45, 2.75) is 39.2 Å². The molecule has 1 aliphatic heterocycles. The molecule has 1 N–H and O–H groups in total. The summed E-state index contributed by atoms with van der Waals surface area (Å²) in [4.78, 5) is 0. The topological polar surface area (TPSA) is 30.5 Å². The lowest BCUT2D eigenvalue weighted by Crippen LogP contribution is -2.39. The molecule has 3 nitrogen and oxygen atoms in total. The molecule has 4 heteroatoms. The SMILES string of the molecule is CCC1(CNCc2cc(Cl)c3c(c2)OCCO3)CCC1. The van der Waals surface area contributed by atoms with Crippen LogP contribution in [0, 0.1) is 5.41 Å². The predicted molar refractivity (Wildman–Crippen MR) is 80.7 cm³/mol. The molecule has 0 unspecified atom stereocenters. The Morgan fingerprint density at radius 3 is 2.75 bits per heavy atom. The van der Waals surface area contributed by atoms with Crippen LogP contribution in [-0.4, -0.2) is 19.8 Å². The maximum Gasteiger partial charge on any atom is 0.179 e. The lowest BCUT2D eigenvalue weighted by Gasteiger charge is -2.41. The highest BCUT2D eigenvalue weighted by Gasteiger charge is 2.34. The zero-order valence-corrected chi connectivity index (χ0v) is 12.8. The van der Waals surface area contributed by atoms with Gasteiger partial charge in [-0.15, -0.1) is 0 Å². The summed E-state index contributed by atoms with van der Waals surface area (Å²) in [5.74, 6) is 1.46. The summed E-state index contributed by atoms with van der Waals surface area (Å²) in [6.07, 6.45) is 5.37. The summed E-state index contributed by atoms with van der Waals surface area (Å²) < 4.78 is 11.1. The van der Waals surface area contributed by atoms with E-state index in [4.69, 9.17) is 21.1 Å². The highest BCUT2D eigenvalue weighted by Crippen LogP contribution is 2.43. The van der Waals surface area contributed by atoms with E-state index >= 15 is 0 Å². The molecule has 1 heterocycles. The predicted octanol–water partition coefficient (Wildman–Crippen LogP) is 3.78. The van der Waals surface area contributed by atoms with Gasteiger partial charge in [-0.2, -0.15) is 0 Å². The van der Waals surface area contributed by atoms with Crippen LogP contribution in [0.5, 0.6) is 11.5 Å². The Balaban J connectivity index is 1.61. The van der Waals surface area contributed by atoms with Crippen LogP contribution in [0.3, 0.4) is 0 Å². The zero-order chi connectivity index (χ0) is 14.0. The van der Waals surface area contributed by atoms with Crippen LogP contribution < -0.4 is 14.8 Å². The molecule has 0 radical (unpaired) electrons. The van der Waals surface area contributed by atoms with Crippen molar-refractivity contribution in [1.29, 1.82) is 0 Å². The third-order valence-corrected chi connectivity index (χ3v) is 4.93. The second-order valence-electron chi connectivity index (χ2n) is 5.91. The molecule has 1 aromatic rings. The largest absolute Gasteiger partial charge is 0.486 e. The van der Waals surface area contributed by atoms with Gasteiger partial charge in [0.05, 0.1) is 5.02 Å². The number of ether oxygens (including phenoxy) is 2. The molecule has 0 aromatic heterocycles. The smallest absolute Gasteiger partial charge is 0.179 e. The van der Waals surface area contributed by atoms with Crippen molar-refractivity contribution < 1.29 is 9.47 Å². The minimum atomic E-state index is 0.539. The van der Waals surface area contributed by atoms with E-state index in [0.29, 0.717) is 29.4 Å². The molecule has 20 heavy (non-hydrogen) atoms. The standard InChI is InChI=1S/C16H22ClNO2/c1-2-16(4-3-5-16)11-18-10-12-8-13(17)15-14(9-12)19-6-7-20-15/h8-9,18H,2-7,10-11H2,1H3. The van der Waals surface area contributed by atoms with Gasteiger partial charge in [-0.3, -0.25) is 0 Å². The maximum absolute atomic E-state index is 6.25. The van der Waals surface area contributed by atoms with E-state index in [9.17, 15) is 0 Å². The van der Waals surface area contributed by atoms with Crippen molar-refractivity contribution in [3.63, 3.8) is 0 Å². The fourth-order valence-corrected chi connectivity index (χ4v) is 3.36. The van der Waals surface area contributed by atoms with Crippen LogP contribution in [0.2, 0.25) is 5.02 Å². The minimum Gasteiger partial charge on any atom is -0.486 e. The van der Waals surface area contributed by atoms with Crippen molar-refractivity contribution in [2.75, 3.05) is 19.8 Å². The van der Waals surface area contributed by atoms with Crippen LogP contribution in [0.1, 0.15) is 38.2 Å². The van der Waals surface area contributed by atoms with Crippen molar-refractivity contribution in [3.8, 4) is 11.5 Å². The average Bonchev–Trinajstić information content (AvgIpc) is 2.42. The average molecular weight is 296 g/mol. The number of halogens is 1. The van der Waals surface area contributed by atoms with Gasteiger partial charge in [0, 0.05) is 13.1 Å². The Kier molecular flexibility index (Phi) is 4.08. The highest BCUT2D eigenvalue weighted by atomic mass is 35.5. The molecule has 1 saturated carbocycles. The fraction of sp³-hybridized carbons (Fsp3) is 0.625. The van der Waals surface area contributed by atoms with Crippen LogP contribution >= 0.6 is 11.6 Å². The summed E-state index contributed by atoms with van der Waals surface area (Å²) in [5, 5.41) is 4.22. The van der Waals surface area contributed by atoms with Gasteiger partial charge in [0.15, 0.2) is 11.5 Å². The van der Waals surface area contributed by atoms with Gasteiger partial charge in [-0.05, 0) is 42.4 Å². The molecule has 0 saturated heterocycles.